The lowest BCUT2D eigenvalue weighted by molar-refractivity contribution is -0.131. The summed E-state index contributed by atoms with van der Waals surface area (Å²) in [5.74, 6) is 2.24. The fourth-order valence-corrected chi connectivity index (χ4v) is 7.56. The SMILES string of the molecule is CN1C(c2ccc(C(=O)Nc3cc(C4CC4)ccn3)cc2OC2CC2)=C2C(N)=NC=C(Cl)N2C1[C@@H]1CC[C@H]2CCC(=O)N2C1. The van der Waals surface area contributed by atoms with Crippen LogP contribution in [0.4, 0.5) is 5.82 Å². The van der Waals surface area contributed by atoms with Gasteiger partial charge in [-0.15, -0.1) is 0 Å². The van der Waals surface area contributed by atoms with Crippen LogP contribution in [0.2, 0.25) is 0 Å². The Kier molecular flexibility index (Phi) is 6.59. The Hall–Kier alpha value is -4.05. The molecule has 0 radical (unpaired) electrons. The average Bonchev–Trinajstić information content (AvgIpc) is 3.96. The summed E-state index contributed by atoms with van der Waals surface area (Å²) >= 11 is 6.86. The highest BCUT2D eigenvalue weighted by molar-refractivity contribution is 6.30. The first kappa shape index (κ1) is 27.5. The Bertz CT molecular complexity index is 1650. The van der Waals surface area contributed by atoms with E-state index in [1.807, 2.05) is 37.4 Å². The van der Waals surface area contributed by atoms with E-state index in [2.05, 4.69) is 30.0 Å². The maximum absolute atomic E-state index is 13.4. The molecule has 2 saturated heterocycles. The Morgan fingerprint density at radius 2 is 1.91 bits per heavy atom. The van der Waals surface area contributed by atoms with E-state index in [0.717, 1.165) is 49.1 Å². The van der Waals surface area contributed by atoms with E-state index in [9.17, 15) is 9.59 Å². The quantitative estimate of drug-likeness (QED) is 0.431. The second-order valence-electron chi connectivity index (χ2n) is 12.9. The summed E-state index contributed by atoms with van der Waals surface area (Å²) in [6.07, 6.45) is 11.1. The second-order valence-corrected chi connectivity index (χ2v) is 13.3. The van der Waals surface area contributed by atoms with Gasteiger partial charge in [0.05, 0.1) is 18.0 Å². The van der Waals surface area contributed by atoms with Crippen LogP contribution in [0.1, 0.15) is 78.8 Å². The van der Waals surface area contributed by atoms with Gasteiger partial charge in [0, 0.05) is 49.3 Å². The predicted octanol–water partition coefficient (Wildman–Crippen LogP) is 4.80. The zero-order valence-electron chi connectivity index (χ0n) is 24.7. The van der Waals surface area contributed by atoms with Crippen LogP contribution < -0.4 is 15.8 Å². The molecule has 44 heavy (non-hydrogen) atoms. The van der Waals surface area contributed by atoms with E-state index in [0.29, 0.717) is 53.0 Å². The standard InChI is InChI=1S/C33H36ClN7O3/c1-39-29(30-31(35)37-16-26(34)41(30)33(39)21-4-6-22-7-11-28(42)40(22)17-21)24-10-5-20(14-25(24)44-23-8-9-23)32(43)38-27-15-19(12-13-36-27)18-2-3-18/h5,10,12-16,18,21-23,33H,2-4,6-9,11,17H2,1H3,(H2,35,37)(H,36,38,43)/t21-,22+,33?/m1/s1. The van der Waals surface area contributed by atoms with Crippen molar-refractivity contribution in [2.45, 2.75) is 75.6 Å². The van der Waals surface area contributed by atoms with Gasteiger partial charge in [-0.2, -0.15) is 0 Å². The number of aromatic nitrogens is 1. The first-order chi connectivity index (χ1) is 21.4. The summed E-state index contributed by atoms with van der Waals surface area (Å²) in [6.45, 7) is 0.678. The minimum atomic E-state index is -0.244. The minimum Gasteiger partial charge on any atom is -0.490 e. The van der Waals surface area contributed by atoms with E-state index in [1.165, 1.54) is 18.4 Å². The lowest BCUT2D eigenvalue weighted by Gasteiger charge is -2.44. The van der Waals surface area contributed by atoms with Crippen LogP contribution in [0.15, 0.2) is 58.6 Å². The molecule has 8 rings (SSSR count). The van der Waals surface area contributed by atoms with Gasteiger partial charge >= 0.3 is 0 Å². The van der Waals surface area contributed by atoms with Gasteiger partial charge in [0.25, 0.3) is 5.91 Å². The second kappa shape index (κ2) is 10.5. The zero-order valence-corrected chi connectivity index (χ0v) is 25.5. The third-order valence-corrected chi connectivity index (χ3v) is 10.1. The van der Waals surface area contributed by atoms with Gasteiger partial charge in [-0.1, -0.05) is 11.6 Å². The topological polar surface area (TPSA) is 116 Å². The van der Waals surface area contributed by atoms with Gasteiger partial charge < -0.3 is 30.5 Å². The smallest absolute Gasteiger partial charge is 0.256 e. The van der Waals surface area contributed by atoms with Crippen molar-refractivity contribution < 1.29 is 14.3 Å². The molecule has 4 fully saturated rings. The molecule has 2 saturated carbocycles. The molecule has 3 atom stereocenters. The van der Waals surface area contributed by atoms with Crippen molar-refractivity contribution >= 4 is 40.8 Å². The highest BCUT2D eigenvalue weighted by Gasteiger charge is 2.49. The largest absolute Gasteiger partial charge is 0.490 e. The molecule has 1 aromatic heterocycles. The molecule has 0 spiro atoms. The Morgan fingerprint density at radius 3 is 2.70 bits per heavy atom. The van der Waals surface area contributed by atoms with Gasteiger partial charge in [0.15, 0.2) is 0 Å². The van der Waals surface area contributed by atoms with Crippen LogP contribution in [-0.4, -0.2) is 69.2 Å². The summed E-state index contributed by atoms with van der Waals surface area (Å²) in [5.41, 5.74) is 10.7. The highest BCUT2D eigenvalue weighted by Crippen LogP contribution is 2.48. The maximum Gasteiger partial charge on any atom is 0.256 e. The predicted molar refractivity (Wildman–Crippen MR) is 168 cm³/mol. The molecule has 6 aliphatic rings. The summed E-state index contributed by atoms with van der Waals surface area (Å²) in [6, 6.07) is 9.88. The number of amidine groups is 1. The van der Waals surface area contributed by atoms with Gasteiger partial charge in [-0.25, -0.2) is 9.98 Å². The van der Waals surface area contributed by atoms with Gasteiger partial charge in [0.1, 0.15) is 34.4 Å². The zero-order chi connectivity index (χ0) is 30.1. The molecule has 2 aliphatic carbocycles. The first-order valence-electron chi connectivity index (χ1n) is 15.7. The van der Waals surface area contributed by atoms with Gasteiger partial charge in [0.2, 0.25) is 5.91 Å². The Morgan fingerprint density at radius 1 is 1.07 bits per heavy atom. The van der Waals surface area contributed by atoms with E-state index in [4.69, 9.17) is 22.1 Å². The molecule has 0 bridgehead atoms. The molecule has 3 N–H and O–H groups in total. The van der Waals surface area contributed by atoms with Crippen molar-refractivity contribution in [3.63, 3.8) is 0 Å². The lowest BCUT2D eigenvalue weighted by Crippen LogP contribution is -2.52. The number of halogens is 1. The van der Waals surface area contributed by atoms with Gasteiger partial charge in [-0.3, -0.25) is 9.59 Å². The fraction of sp³-hybridized carbons (Fsp3) is 0.455. The average molecular weight is 614 g/mol. The number of aliphatic imine (C=N–C) groups is 1. The molecule has 11 heteroatoms. The summed E-state index contributed by atoms with van der Waals surface area (Å²) in [4.78, 5) is 41.2. The van der Waals surface area contributed by atoms with Crippen LogP contribution in [0.3, 0.4) is 0 Å². The number of pyridine rings is 1. The number of rotatable bonds is 7. The van der Waals surface area contributed by atoms with Crippen LogP contribution in [0, 0.1) is 5.92 Å². The Balaban J connectivity index is 1.14. The molecule has 5 heterocycles. The van der Waals surface area contributed by atoms with Crippen molar-refractivity contribution in [2.75, 3.05) is 18.9 Å². The number of nitrogens with two attached hydrogens (primary N) is 1. The number of ether oxygens (including phenoxy) is 1. The number of fused-ring (bicyclic) bond motifs is 2. The van der Waals surface area contributed by atoms with E-state index in [-0.39, 0.29) is 30.0 Å². The number of benzene rings is 1. The van der Waals surface area contributed by atoms with Gasteiger partial charge in [-0.05, 0) is 86.8 Å². The van der Waals surface area contributed by atoms with Crippen LogP contribution >= 0.6 is 11.6 Å². The maximum atomic E-state index is 13.4. The van der Waals surface area contributed by atoms with E-state index < -0.39 is 0 Å². The van der Waals surface area contributed by atoms with Crippen molar-refractivity contribution in [2.24, 2.45) is 16.6 Å². The van der Waals surface area contributed by atoms with Crippen molar-refractivity contribution in [3.8, 4) is 5.75 Å². The van der Waals surface area contributed by atoms with Crippen LogP contribution in [0.5, 0.6) is 5.75 Å². The number of hydrogen-bond acceptors (Lipinski definition) is 8. The van der Waals surface area contributed by atoms with Crippen LogP contribution in [-0.2, 0) is 4.79 Å². The third-order valence-electron chi connectivity index (χ3n) is 9.83. The number of nitrogens with one attached hydrogen (secondary N) is 1. The number of carbonyl (C=O) groups excluding carboxylic acids is 2. The number of carbonyl (C=O) groups is 2. The molecule has 2 amide bonds. The van der Waals surface area contributed by atoms with E-state index >= 15 is 0 Å². The van der Waals surface area contributed by atoms with Crippen molar-refractivity contribution in [1.82, 2.24) is 19.7 Å². The van der Waals surface area contributed by atoms with Crippen molar-refractivity contribution in [3.05, 3.63) is 70.3 Å². The van der Waals surface area contributed by atoms with Crippen LogP contribution in [0.25, 0.3) is 5.70 Å². The molecule has 2 aromatic rings. The molecule has 1 aromatic carbocycles. The monoisotopic (exact) mass is 613 g/mol. The molecule has 10 nitrogen and oxygen atoms in total. The Labute approximate surface area is 261 Å². The van der Waals surface area contributed by atoms with Crippen molar-refractivity contribution in [1.29, 1.82) is 0 Å². The number of hydrogen-bond donors (Lipinski definition) is 2. The lowest BCUT2D eigenvalue weighted by atomic mass is 9.90. The molecule has 1 unspecified atom stereocenters. The molecule has 4 aliphatic heterocycles. The molecular formula is C33H36ClN7O3. The number of amides is 2. The minimum absolute atomic E-state index is 0.102. The number of piperidine rings is 1. The normalized spacial score (nSPS) is 26.4. The number of nitrogens with zero attached hydrogens (tertiary/aromatic N) is 5. The summed E-state index contributed by atoms with van der Waals surface area (Å²) in [7, 11) is 2.04. The highest BCUT2D eigenvalue weighted by atomic mass is 35.5. The number of anilines is 1. The first-order valence-corrected chi connectivity index (χ1v) is 16.1. The molecule has 228 valence electrons. The molecular weight excluding hydrogens is 578 g/mol. The fourth-order valence-electron chi connectivity index (χ4n) is 7.32. The third kappa shape index (κ3) is 4.80. The summed E-state index contributed by atoms with van der Waals surface area (Å²) in [5, 5.41) is 3.46. The van der Waals surface area contributed by atoms with E-state index in [1.54, 1.807) is 12.4 Å². The summed E-state index contributed by atoms with van der Waals surface area (Å²) < 4.78 is 6.45.